The van der Waals surface area contributed by atoms with Crippen molar-refractivity contribution in [1.82, 2.24) is 4.90 Å². The van der Waals surface area contributed by atoms with E-state index in [0.717, 1.165) is 24.2 Å². The van der Waals surface area contributed by atoms with Crippen LogP contribution in [0.1, 0.15) is 35.2 Å². The van der Waals surface area contributed by atoms with Gasteiger partial charge in [0.15, 0.2) is 0 Å². The molecule has 0 heterocycles. The van der Waals surface area contributed by atoms with Gasteiger partial charge in [-0.05, 0) is 43.9 Å². The number of carbonyl (C=O) groups is 1. The summed E-state index contributed by atoms with van der Waals surface area (Å²) < 4.78 is 5.25. The van der Waals surface area contributed by atoms with Gasteiger partial charge in [0.1, 0.15) is 5.75 Å². The Morgan fingerprint density at radius 1 is 1.41 bits per heavy atom. The molecule has 0 bridgehead atoms. The lowest BCUT2D eigenvalue weighted by atomic mass is 9.91. The molecule has 0 unspecified atom stereocenters. The van der Waals surface area contributed by atoms with Gasteiger partial charge < -0.3 is 9.64 Å². The van der Waals surface area contributed by atoms with Gasteiger partial charge in [-0.1, -0.05) is 6.07 Å². The Morgan fingerprint density at radius 2 is 2.12 bits per heavy atom. The fourth-order valence-corrected chi connectivity index (χ4v) is 2.10. The van der Waals surface area contributed by atoms with E-state index in [1.165, 1.54) is 6.42 Å². The number of rotatable bonds is 3. The molecule has 0 aromatic heterocycles. The summed E-state index contributed by atoms with van der Waals surface area (Å²) >= 11 is 0. The summed E-state index contributed by atoms with van der Waals surface area (Å²) in [7, 11) is 3.52. The standard InChI is InChI=1S/C14H19NO2/c1-10-7-8-11(9-13(10)17-3)14(16)15(2)12-5-4-6-12/h7-9,12H,4-6H2,1-3H3. The number of benzene rings is 1. The molecular formula is C14H19NO2. The van der Waals surface area contributed by atoms with Crippen LogP contribution in [0.5, 0.6) is 5.75 Å². The average molecular weight is 233 g/mol. The van der Waals surface area contributed by atoms with E-state index in [-0.39, 0.29) is 5.91 Å². The topological polar surface area (TPSA) is 29.5 Å². The van der Waals surface area contributed by atoms with Crippen molar-refractivity contribution >= 4 is 5.91 Å². The van der Waals surface area contributed by atoms with Gasteiger partial charge in [-0.15, -0.1) is 0 Å². The minimum absolute atomic E-state index is 0.0907. The first kappa shape index (κ1) is 12.0. The SMILES string of the molecule is COc1cc(C(=O)N(C)C2CCC2)ccc1C. The van der Waals surface area contributed by atoms with Gasteiger partial charge >= 0.3 is 0 Å². The molecule has 1 aliphatic carbocycles. The van der Waals surface area contributed by atoms with Crippen LogP contribution in [-0.4, -0.2) is 31.0 Å². The van der Waals surface area contributed by atoms with Crippen LogP contribution in [0.2, 0.25) is 0 Å². The molecule has 92 valence electrons. The fourth-order valence-electron chi connectivity index (χ4n) is 2.10. The maximum absolute atomic E-state index is 12.2. The Kier molecular flexibility index (Phi) is 3.36. The second kappa shape index (κ2) is 4.78. The number of methoxy groups -OCH3 is 1. The first-order valence-corrected chi connectivity index (χ1v) is 6.05. The van der Waals surface area contributed by atoms with Crippen molar-refractivity contribution in [2.75, 3.05) is 14.2 Å². The molecule has 0 aliphatic heterocycles. The Morgan fingerprint density at radius 3 is 2.65 bits per heavy atom. The van der Waals surface area contributed by atoms with Crippen molar-refractivity contribution in [1.29, 1.82) is 0 Å². The predicted octanol–water partition coefficient (Wildman–Crippen LogP) is 2.63. The number of nitrogens with zero attached hydrogens (tertiary/aromatic N) is 1. The van der Waals surface area contributed by atoms with E-state index in [2.05, 4.69) is 0 Å². The predicted molar refractivity (Wildman–Crippen MR) is 67.5 cm³/mol. The van der Waals surface area contributed by atoms with Gasteiger partial charge in [-0.2, -0.15) is 0 Å². The summed E-state index contributed by atoms with van der Waals surface area (Å²) in [6, 6.07) is 6.05. The van der Waals surface area contributed by atoms with E-state index in [1.54, 1.807) is 7.11 Å². The normalized spacial score (nSPS) is 15.2. The van der Waals surface area contributed by atoms with Crippen molar-refractivity contribution in [3.05, 3.63) is 29.3 Å². The van der Waals surface area contributed by atoms with Crippen LogP contribution in [0.25, 0.3) is 0 Å². The lowest BCUT2D eigenvalue weighted by Crippen LogP contribution is -2.41. The average Bonchev–Trinajstić information content (AvgIpc) is 2.26. The number of hydrogen-bond donors (Lipinski definition) is 0. The van der Waals surface area contributed by atoms with Crippen molar-refractivity contribution in [2.45, 2.75) is 32.2 Å². The monoisotopic (exact) mass is 233 g/mol. The van der Waals surface area contributed by atoms with Crippen LogP contribution in [0, 0.1) is 6.92 Å². The van der Waals surface area contributed by atoms with Gasteiger partial charge in [0.2, 0.25) is 0 Å². The molecule has 3 nitrogen and oxygen atoms in total. The zero-order chi connectivity index (χ0) is 12.4. The highest BCUT2D eigenvalue weighted by molar-refractivity contribution is 5.94. The molecule has 0 N–H and O–H groups in total. The van der Waals surface area contributed by atoms with E-state index in [9.17, 15) is 4.79 Å². The maximum atomic E-state index is 12.2. The maximum Gasteiger partial charge on any atom is 0.253 e. The molecule has 0 radical (unpaired) electrons. The smallest absolute Gasteiger partial charge is 0.253 e. The van der Waals surface area contributed by atoms with Crippen molar-refractivity contribution in [2.24, 2.45) is 0 Å². The third-order valence-corrected chi connectivity index (χ3v) is 3.60. The molecule has 1 aromatic rings. The molecule has 2 rings (SSSR count). The summed E-state index contributed by atoms with van der Waals surface area (Å²) in [5.74, 6) is 0.867. The van der Waals surface area contributed by atoms with Crippen LogP contribution in [0.15, 0.2) is 18.2 Å². The summed E-state index contributed by atoms with van der Waals surface area (Å²) in [5.41, 5.74) is 1.76. The Labute approximate surface area is 102 Å². The van der Waals surface area contributed by atoms with E-state index in [4.69, 9.17) is 4.74 Å². The van der Waals surface area contributed by atoms with Gasteiger partial charge in [-0.3, -0.25) is 4.79 Å². The zero-order valence-electron chi connectivity index (χ0n) is 10.7. The van der Waals surface area contributed by atoms with E-state index >= 15 is 0 Å². The van der Waals surface area contributed by atoms with Crippen LogP contribution >= 0.6 is 0 Å². The number of aryl methyl sites for hydroxylation is 1. The fraction of sp³-hybridized carbons (Fsp3) is 0.500. The van der Waals surface area contributed by atoms with E-state index in [0.29, 0.717) is 11.6 Å². The molecule has 1 amide bonds. The third kappa shape index (κ3) is 2.28. The summed E-state index contributed by atoms with van der Waals surface area (Å²) in [6.07, 6.45) is 3.50. The Balaban J connectivity index is 2.18. The van der Waals surface area contributed by atoms with Crippen LogP contribution in [0.3, 0.4) is 0 Å². The third-order valence-electron chi connectivity index (χ3n) is 3.60. The summed E-state index contributed by atoms with van der Waals surface area (Å²) in [6.45, 7) is 1.97. The molecule has 3 heteroatoms. The van der Waals surface area contributed by atoms with Crippen molar-refractivity contribution in [3.63, 3.8) is 0 Å². The number of carbonyl (C=O) groups excluding carboxylic acids is 1. The Hall–Kier alpha value is -1.51. The molecular weight excluding hydrogens is 214 g/mol. The summed E-state index contributed by atoms with van der Waals surface area (Å²) in [4.78, 5) is 14.1. The molecule has 1 fully saturated rings. The van der Waals surface area contributed by atoms with Gasteiger partial charge in [0.05, 0.1) is 7.11 Å². The Bertz CT molecular complexity index is 424. The lowest BCUT2D eigenvalue weighted by molar-refractivity contribution is 0.0651. The zero-order valence-corrected chi connectivity index (χ0v) is 10.7. The summed E-state index contributed by atoms with van der Waals surface area (Å²) in [5, 5.41) is 0. The van der Waals surface area contributed by atoms with Gasteiger partial charge in [0.25, 0.3) is 5.91 Å². The molecule has 17 heavy (non-hydrogen) atoms. The highest BCUT2D eigenvalue weighted by atomic mass is 16.5. The molecule has 1 aromatic carbocycles. The second-order valence-corrected chi connectivity index (χ2v) is 4.69. The van der Waals surface area contributed by atoms with Crippen molar-refractivity contribution < 1.29 is 9.53 Å². The van der Waals surface area contributed by atoms with Gasteiger partial charge in [-0.25, -0.2) is 0 Å². The first-order valence-electron chi connectivity index (χ1n) is 6.05. The first-order chi connectivity index (χ1) is 8.13. The van der Waals surface area contributed by atoms with E-state index in [1.807, 2.05) is 37.1 Å². The second-order valence-electron chi connectivity index (χ2n) is 4.69. The quantitative estimate of drug-likeness (QED) is 0.803. The lowest BCUT2D eigenvalue weighted by Gasteiger charge is -2.34. The van der Waals surface area contributed by atoms with Gasteiger partial charge in [0, 0.05) is 18.7 Å². The highest BCUT2D eigenvalue weighted by Gasteiger charge is 2.26. The van der Waals surface area contributed by atoms with Crippen molar-refractivity contribution in [3.8, 4) is 5.75 Å². The highest BCUT2D eigenvalue weighted by Crippen LogP contribution is 2.26. The number of hydrogen-bond acceptors (Lipinski definition) is 2. The molecule has 1 aliphatic rings. The molecule has 0 spiro atoms. The minimum Gasteiger partial charge on any atom is -0.496 e. The molecule has 0 saturated heterocycles. The molecule has 1 saturated carbocycles. The van der Waals surface area contributed by atoms with E-state index < -0.39 is 0 Å². The number of amides is 1. The minimum atomic E-state index is 0.0907. The van der Waals surface area contributed by atoms with Crippen LogP contribution < -0.4 is 4.74 Å². The molecule has 0 atom stereocenters. The van der Waals surface area contributed by atoms with Crippen LogP contribution in [-0.2, 0) is 0 Å². The number of ether oxygens (including phenoxy) is 1. The van der Waals surface area contributed by atoms with Crippen LogP contribution in [0.4, 0.5) is 0 Å². The largest absolute Gasteiger partial charge is 0.496 e.